The summed E-state index contributed by atoms with van der Waals surface area (Å²) >= 11 is 7.51. The first-order chi connectivity index (χ1) is 14.4. The Morgan fingerprint density at radius 1 is 1.07 bits per heavy atom. The van der Waals surface area contributed by atoms with Gasteiger partial charge in [-0.05, 0) is 43.2 Å². The molecule has 2 aromatic rings. The van der Waals surface area contributed by atoms with Gasteiger partial charge in [-0.15, -0.1) is 11.8 Å². The number of nitrogens with zero attached hydrogens (tertiary/aromatic N) is 2. The standard InChI is InChI=1S/C21H22ClFN2O3S2/c22-17-6-5-7-18(23)16(17)13-25-19-12-15(8-9-20(19)29-14-21(25)26)30(27,28)24-10-3-1-2-4-11-24/h5-9,12H,1-4,10-11,13-14H2. The first kappa shape index (κ1) is 21.6. The predicted molar refractivity (Wildman–Crippen MR) is 117 cm³/mol. The minimum absolute atomic E-state index is 0.0505. The van der Waals surface area contributed by atoms with Gasteiger partial charge in [0, 0.05) is 28.6 Å². The lowest BCUT2D eigenvalue weighted by atomic mass is 10.1. The minimum atomic E-state index is -3.66. The summed E-state index contributed by atoms with van der Waals surface area (Å²) < 4.78 is 42.3. The Balaban J connectivity index is 1.71. The molecule has 0 N–H and O–H groups in total. The number of thioether (sulfide) groups is 1. The normalized spacial score (nSPS) is 18.2. The Hall–Kier alpha value is -1.61. The van der Waals surface area contributed by atoms with Gasteiger partial charge in [0.05, 0.1) is 22.9 Å². The maximum atomic E-state index is 14.3. The number of halogens is 2. The van der Waals surface area contributed by atoms with Gasteiger partial charge in [-0.25, -0.2) is 12.8 Å². The summed E-state index contributed by atoms with van der Waals surface area (Å²) in [5, 5.41) is 0.232. The molecule has 0 aromatic heterocycles. The van der Waals surface area contributed by atoms with Crippen LogP contribution in [0.25, 0.3) is 0 Å². The molecule has 2 aliphatic heterocycles. The van der Waals surface area contributed by atoms with E-state index < -0.39 is 15.8 Å². The third-order valence-corrected chi connectivity index (χ3v) is 8.75. The largest absolute Gasteiger partial charge is 0.306 e. The van der Waals surface area contributed by atoms with Crippen molar-refractivity contribution in [3.05, 3.63) is 52.8 Å². The van der Waals surface area contributed by atoms with Crippen molar-refractivity contribution < 1.29 is 17.6 Å². The number of anilines is 1. The van der Waals surface area contributed by atoms with Gasteiger partial charge in [-0.1, -0.05) is 30.5 Å². The number of benzene rings is 2. The number of hydrogen-bond donors (Lipinski definition) is 0. The van der Waals surface area contributed by atoms with Crippen molar-refractivity contribution in [1.29, 1.82) is 0 Å². The number of carbonyl (C=O) groups excluding carboxylic acids is 1. The molecule has 0 unspecified atom stereocenters. The zero-order valence-corrected chi connectivity index (χ0v) is 18.7. The molecule has 160 valence electrons. The molecule has 0 aliphatic carbocycles. The lowest BCUT2D eigenvalue weighted by Gasteiger charge is -2.30. The topological polar surface area (TPSA) is 57.7 Å². The molecule has 30 heavy (non-hydrogen) atoms. The van der Waals surface area contributed by atoms with Crippen LogP contribution in [0, 0.1) is 5.82 Å². The number of fused-ring (bicyclic) bond motifs is 1. The van der Waals surface area contributed by atoms with E-state index in [1.54, 1.807) is 18.2 Å². The molecular formula is C21H22ClFN2O3S2. The van der Waals surface area contributed by atoms with Gasteiger partial charge < -0.3 is 4.90 Å². The molecule has 0 saturated carbocycles. The average Bonchev–Trinajstić information content (AvgIpc) is 3.02. The molecule has 2 heterocycles. The second-order valence-corrected chi connectivity index (χ2v) is 10.8. The SMILES string of the molecule is O=C1CSc2ccc(S(=O)(=O)N3CCCCCC3)cc2N1Cc1c(F)cccc1Cl. The minimum Gasteiger partial charge on any atom is -0.306 e. The fourth-order valence-corrected chi connectivity index (χ4v) is 6.46. The third kappa shape index (κ3) is 4.23. The lowest BCUT2D eigenvalue weighted by Crippen LogP contribution is -2.36. The van der Waals surface area contributed by atoms with Gasteiger partial charge in [-0.2, -0.15) is 4.31 Å². The van der Waals surface area contributed by atoms with Crippen LogP contribution in [-0.2, 0) is 21.4 Å². The van der Waals surface area contributed by atoms with Crippen molar-refractivity contribution in [3.63, 3.8) is 0 Å². The van der Waals surface area contributed by atoms with Crippen molar-refractivity contribution in [1.82, 2.24) is 4.31 Å². The van der Waals surface area contributed by atoms with E-state index in [4.69, 9.17) is 11.6 Å². The second-order valence-electron chi connectivity index (χ2n) is 7.42. The van der Waals surface area contributed by atoms with Crippen LogP contribution in [0.2, 0.25) is 5.02 Å². The van der Waals surface area contributed by atoms with Crippen molar-refractivity contribution >= 4 is 45.0 Å². The first-order valence-electron chi connectivity index (χ1n) is 9.88. The quantitative estimate of drug-likeness (QED) is 0.653. The van der Waals surface area contributed by atoms with Crippen LogP contribution in [0.1, 0.15) is 31.2 Å². The highest BCUT2D eigenvalue weighted by atomic mass is 35.5. The van der Waals surface area contributed by atoms with Crippen LogP contribution in [0.15, 0.2) is 46.2 Å². The number of amides is 1. The van der Waals surface area contributed by atoms with Gasteiger partial charge in [0.15, 0.2) is 0 Å². The average molecular weight is 469 g/mol. The predicted octanol–water partition coefficient (Wildman–Crippen LogP) is 4.68. The summed E-state index contributed by atoms with van der Waals surface area (Å²) in [5.74, 6) is -0.503. The Labute approximate surface area is 185 Å². The highest BCUT2D eigenvalue weighted by Crippen LogP contribution is 2.39. The molecule has 2 aliphatic rings. The van der Waals surface area contributed by atoms with Crippen molar-refractivity contribution in [2.24, 2.45) is 0 Å². The van der Waals surface area contributed by atoms with Crippen LogP contribution in [-0.4, -0.2) is 37.5 Å². The summed E-state index contributed by atoms with van der Waals surface area (Å²) in [6.07, 6.45) is 3.74. The van der Waals surface area contributed by atoms with Gasteiger partial charge >= 0.3 is 0 Å². The number of carbonyl (C=O) groups is 1. The maximum Gasteiger partial charge on any atom is 0.243 e. The van der Waals surface area contributed by atoms with Gasteiger partial charge in [-0.3, -0.25) is 4.79 Å². The number of sulfonamides is 1. The molecule has 9 heteroatoms. The van der Waals surface area contributed by atoms with Crippen LogP contribution in [0.3, 0.4) is 0 Å². The molecule has 0 bridgehead atoms. The molecular weight excluding hydrogens is 447 g/mol. The van der Waals surface area contributed by atoms with E-state index >= 15 is 0 Å². The molecule has 2 aromatic carbocycles. The molecule has 1 fully saturated rings. The van der Waals surface area contributed by atoms with Gasteiger partial charge in [0.2, 0.25) is 15.9 Å². The third-order valence-electron chi connectivity index (χ3n) is 5.45. The van der Waals surface area contributed by atoms with Crippen LogP contribution < -0.4 is 4.90 Å². The maximum absolute atomic E-state index is 14.3. The van der Waals surface area contributed by atoms with Crippen LogP contribution in [0.5, 0.6) is 0 Å². The smallest absolute Gasteiger partial charge is 0.243 e. The van der Waals surface area contributed by atoms with E-state index in [2.05, 4.69) is 0 Å². The highest BCUT2D eigenvalue weighted by molar-refractivity contribution is 8.00. The van der Waals surface area contributed by atoms with Crippen LogP contribution >= 0.6 is 23.4 Å². The first-order valence-corrected chi connectivity index (χ1v) is 12.7. The summed E-state index contributed by atoms with van der Waals surface area (Å²) in [5.41, 5.74) is 0.692. The van der Waals surface area contributed by atoms with Gasteiger partial charge in [0.1, 0.15) is 5.82 Å². The monoisotopic (exact) mass is 468 g/mol. The van der Waals surface area contributed by atoms with Gasteiger partial charge in [0.25, 0.3) is 0 Å². The molecule has 0 spiro atoms. The zero-order valence-electron chi connectivity index (χ0n) is 16.3. The summed E-state index contributed by atoms with van der Waals surface area (Å²) in [6, 6.07) is 9.24. The fourth-order valence-electron chi connectivity index (χ4n) is 3.79. The summed E-state index contributed by atoms with van der Waals surface area (Å²) in [7, 11) is -3.66. The Kier molecular flexibility index (Phi) is 6.39. The van der Waals surface area contributed by atoms with E-state index in [9.17, 15) is 17.6 Å². The van der Waals surface area contributed by atoms with E-state index in [0.29, 0.717) is 18.8 Å². The second kappa shape index (κ2) is 8.86. The Morgan fingerprint density at radius 3 is 2.50 bits per heavy atom. The van der Waals surface area contributed by atoms with Crippen molar-refractivity contribution in [3.8, 4) is 0 Å². The Bertz CT molecular complexity index is 1050. The fraction of sp³-hybridized carbons (Fsp3) is 0.381. The van der Waals surface area contributed by atoms with E-state index in [1.807, 2.05) is 0 Å². The molecule has 4 rings (SSSR count). The lowest BCUT2D eigenvalue weighted by molar-refractivity contribution is -0.116. The summed E-state index contributed by atoms with van der Waals surface area (Å²) in [4.78, 5) is 15.0. The van der Waals surface area contributed by atoms with Crippen molar-refractivity contribution in [2.45, 2.75) is 42.0 Å². The summed E-state index contributed by atoms with van der Waals surface area (Å²) in [6.45, 7) is 0.953. The molecule has 0 atom stereocenters. The number of hydrogen-bond acceptors (Lipinski definition) is 4. The van der Waals surface area contributed by atoms with E-state index in [0.717, 1.165) is 30.6 Å². The van der Waals surface area contributed by atoms with Crippen molar-refractivity contribution in [2.75, 3.05) is 23.7 Å². The van der Waals surface area contributed by atoms with E-state index in [1.165, 1.54) is 39.2 Å². The zero-order chi connectivity index (χ0) is 21.3. The van der Waals surface area contributed by atoms with Crippen LogP contribution in [0.4, 0.5) is 10.1 Å². The van der Waals surface area contributed by atoms with E-state index in [-0.39, 0.29) is 33.7 Å². The molecule has 0 radical (unpaired) electrons. The number of rotatable bonds is 4. The molecule has 1 saturated heterocycles. The molecule has 5 nitrogen and oxygen atoms in total. The molecule has 1 amide bonds. The highest BCUT2D eigenvalue weighted by Gasteiger charge is 2.30. The Morgan fingerprint density at radius 2 is 1.80 bits per heavy atom.